The van der Waals surface area contributed by atoms with E-state index in [0.29, 0.717) is 12.5 Å². The monoisotopic (exact) mass is 326 g/mol. The number of nitrogens with one attached hydrogen (secondary N) is 2. The smallest absolute Gasteiger partial charge is 0.241 e. The summed E-state index contributed by atoms with van der Waals surface area (Å²) in [6.07, 6.45) is 1.93. The maximum atomic E-state index is 12.3. The fraction of sp³-hybridized carbons (Fsp3) is 0.562. The molecule has 124 valence electrons. The summed E-state index contributed by atoms with van der Waals surface area (Å²) in [7, 11) is -3.69. The average molecular weight is 326 g/mol. The summed E-state index contributed by atoms with van der Waals surface area (Å²) in [6, 6.07) is 5.96. The fourth-order valence-corrected chi connectivity index (χ4v) is 3.14. The van der Waals surface area contributed by atoms with Crippen LogP contribution in [0.4, 0.5) is 0 Å². The minimum absolute atomic E-state index is 0.177. The summed E-state index contributed by atoms with van der Waals surface area (Å²) in [5.74, 6) is -0.00116. The highest BCUT2D eigenvalue weighted by Crippen LogP contribution is 2.12. The Balaban J connectivity index is 2.71. The molecule has 1 rings (SSSR count). The van der Waals surface area contributed by atoms with Crippen LogP contribution >= 0.6 is 0 Å². The van der Waals surface area contributed by atoms with Crippen LogP contribution in [0.3, 0.4) is 0 Å². The lowest BCUT2D eigenvalue weighted by molar-refractivity contribution is -0.122. The zero-order chi connectivity index (χ0) is 16.8. The Morgan fingerprint density at radius 2 is 1.73 bits per heavy atom. The van der Waals surface area contributed by atoms with Crippen molar-refractivity contribution < 1.29 is 13.2 Å². The normalized spacial score (nSPS) is 13.1. The molecule has 1 aromatic rings. The first kappa shape index (κ1) is 18.6. The van der Waals surface area contributed by atoms with Crippen LogP contribution in [0.2, 0.25) is 0 Å². The van der Waals surface area contributed by atoms with Crippen LogP contribution in [0.1, 0.15) is 39.7 Å². The van der Waals surface area contributed by atoms with Gasteiger partial charge in [0.1, 0.15) is 0 Å². The van der Waals surface area contributed by atoms with Gasteiger partial charge < -0.3 is 5.32 Å². The molecule has 0 aromatic heterocycles. The zero-order valence-electron chi connectivity index (χ0n) is 13.7. The first-order valence-corrected chi connectivity index (χ1v) is 9.13. The van der Waals surface area contributed by atoms with Gasteiger partial charge in [-0.05, 0) is 37.0 Å². The number of amides is 1. The topological polar surface area (TPSA) is 75.3 Å². The number of carbonyl (C=O) groups is 1. The molecule has 5 nitrogen and oxygen atoms in total. The lowest BCUT2D eigenvalue weighted by Gasteiger charge is -2.15. The molecule has 0 saturated heterocycles. The summed E-state index contributed by atoms with van der Waals surface area (Å²) in [5, 5.41) is 2.72. The molecule has 0 heterocycles. The number of aryl methyl sites for hydroxylation is 1. The van der Waals surface area contributed by atoms with Gasteiger partial charge in [-0.2, -0.15) is 4.72 Å². The van der Waals surface area contributed by atoms with E-state index < -0.39 is 16.1 Å². The van der Waals surface area contributed by atoms with Crippen LogP contribution in [-0.2, 0) is 21.2 Å². The fourth-order valence-electron chi connectivity index (χ4n) is 1.94. The third-order valence-electron chi connectivity index (χ3n) is 3.18. The maximum absolute atomic E-state index is 12.3. The second-order valence-corrected chi connectivity index (χ2v) is 7.59. The number of benzene rings is 1. The Hall–Kier alpha value is -1.40. The van der Waals surface area contributed by atoms with E-state index in [0.717, 1.165) is 18.4 Å². The summed E-state index contributed by atoms with van der Waals surface area (Å²) < 4.78 is 26.9. The zero-order valence-corrected chi connectivity index (χ0v) is 14.5. The predicted molar refractivity (Wildman–Crippen MR) is 88.1 cm³/mol. The van der Waals surface area contributed by atoms with Crippen LogP contribution in [0.15, 0.2) is 29.2 Å². The number of carbonyl (C=O) groups excluding carboxylic acids is 1. The van der Waals surface area contributed by atoms with Gasteiger partial charge in [0.15, 0.2) is 0 Å². The molecule has 0 aliphatic heterocycles. The SMILES string of the molecule is CCCc1ccc(S(=O)(=O)NC(C)C(=O)NCC(C)C)cc1. The molecule has 0 saturated carbocycles. The van der Waals surface area contributed by atoms with Crippen LogP contribution in [0.5, 0.6) is 0 Å². The molecule has 1 aromatic carbocycles. The van der Waals surface area contributed by atoms with E-state index in [-0.39, 0.29) is 10.8 Å². The summed E-state index contributed by atoms with van der Waals surface area (Å²) in [5.41, 5.74) is 1.10. The molecule has 0 fully saturated rings. The van der Waals surface area contributed by atoms with Gasteiger partial charge in [-0.25, -0.2) is 8.42 Å². The van der Waals surface area contributed by atoms with Crippen LogP contribution in [0.25, 0.3) is 0 Å². The third kappa shape index (κ3) is 5.77. The lowest BCUT2D eigenvalue weighted by Crippen LogP contribution is -2.45. The Morgan fingerprint density at radius 3 is 2.23 bits per heavy atom. The van der Waals surface area contributed by atoms with E-state index in [1.807, 2.05) is 26.0 Å². The van der Waals surface area contributed by atoms with E-state index >= 15 is 0 Å². The molecule has 22 heavy (non-hydrogen) atoms. The van der Waals surface area contributed by atoms with Gasteiger partial charge in [0.2, 0.25) is 15.9 Å². The van der Waals surface area contributed by atoms with E-state index in [2.05, 4.69) is 17.0 Å². The van der Waals surface area contributed by atoms with Crippen LogP contribution in [-0.4, -0.2) is 26.9 Å². The summed E-state index contributed by atoms with van der Waals surface area (Å²) in [4.78, 5) is 12.0. The van der Waals surface area contributed by atoms with Crippen molar-refractivity contribution in [1.82, 2.24) is 10.0 Å². The third-order valence-corrected chi connectivity index (χ3v) is 4.74. The molecule has 0 bridgehead atoms. The van der Waals surface area contributed by atoms with Crippen molar-refractivity contribution >= 4 is 15.9 Å². The summed E-state index contributed by atoms with van der Waals surface area (Å²) >= 11 is 0. The van der Waals surface area contributed by atoms with Gasteiger partial charge in [0, 0.05) is 6.54 Å². The summed E-state index contributed by atoms with van der Waals surface area (Å²) in [6.45, 7) is 8.10. The van der Waals surface area contributed by atoms with Gasteiger partial charge in [-0.1, -0.05) is 39.3 Å². The maximum Gasteiger partial charge on any atom is 0.241 e. The Bertz CT molecular complexity index is 580. The van der Waals surface area contributed by atoms with Crippen molar-refractivity contribution in [2.24, 2.45) is 5.92 Å². The minimum Gasteiger partial charge on any atom is -0.354 e. The van der Waals surface area contributed by atoms with Gasteiger partial charge >= 0.3 is 0 Å². The van der Waals surface area contributed by atoms with Crippen molar-refractivity contribution in [3.8, 4) is 0 Å². The Morgan fingerprint density at radius 1 is 1.14 bits per heavy atom. The molecule has 1 atom stereocenters. The molecular formula is C16H26N2O3S. The second kappa shape index (κ2) is 8.29. The number of hydrogen-bond donors (Lipinski definition) is 2. The lowest BCUT2D eigenvalue weighted by atomic mass is 10.1. The first-order chi connectivity index (χ1) is 10.3. The van der Waals surface area contributed by atoms with Crippen molar-refractivity contribution in [3.63, 3.8) is 0 Å². The van der Waals surface area contributed by atoms with Crippen LogP contribution in [0, 0.1) is 5.92 Å². The molecule has 0 aliphatic rings. The standard InChI is InChI=1S/C16H26N2O3S/c1-5-6-14-7-9-15(10-8-14)22(20,21)18-13(4)16(19)17-11-12(2)3/h7-10,12-13,18H,5-6,11H2,1-4H3,(H,17,19). The highest BCUT2D eigenvalue weighted by Gasteiger charge is 2.21. The second-order valence-electron chi connectivity index (χ2n) is 5.88. The van der Waals surface area contributed by atoms with Crippen molar-refractivity contribution in [1.29, 1.82) is 0 Å². The van der Waals surface area contributed by atoms with E-state index in [9.17, 15) is 13.2 Å². The Labute approximate surface area is 133 Å². The van der Waals surface area contributed by atoms with Gasteiger partial charge in [-0.3, -0.25) is 4.79 Å². The largest absolute Gasteiger partial charge is 0.354 e. The van der Waals surface area contributed by atoms with E-state index in [4.69, 9.17) is 0 Å². The highest BCUT2D eigenvalue weighted by molar-refractivity contribution is 7.89. The molecule has 0 spiro atoms. The molecular weight excluding hydrogens is 300 g/mol. The van der Waals surface area contributed by atoms with E-state index in [1.165, 1.54) is 0 Å². The van der Waals surface area contributed by atoms with Crippen molar-refractivity contribution in [2.75, 3.05) is 6.54 Å². The molecule has 2 N–H and O–H groups in total. The quantitative estimate of drug-likeness (QED) is 0.768. The van der Waals surface area contributed by atoms with Crippen molar-refractivity contribution in [3.05, 3.63) is 29.8 Å². The van der Waals surface area contributed by atoms with E-state index in [1.54, 1.807) is 19.1 Å². The van der Waals surface area contributed by atoms with Gasteiger partial charge in [-0.15, -0.1) is 0 Å². The molecule has 1 unspecified atom stereocenters. The van der Waals surface area contributed by atoms with Crippen LogP contribution < -0.4 is 10.0 Å². The molecule has 0 radical (unpaired) electrons. The Kier molecular flexibility index (Phi) is 7.03. The number of rotatable bonds is 8. The number of hydrogen-bond acceptors (Lipinski definition) is 3. The van der Waals surface area contributed by atoms with Gasteiger partial charge in [0.05, 0.1) is 10.9 Å². The first-order valence-electron chi connectivity index (χ1n) is 7.65. The van der Waals surface area contributed by atoms with Crippen molar-refractivity contribution in [2.45, 2.75) is 51.5 Å². The minimum atomic E-state index is -3.69. The molecule has 6 heteroatoms. The highest BCUT2D eigenvalue weighted by atomic mass is 32.2. The number of sulfonamides is 1. The predicted octanol–water partition coefficient (Wildman–Crippen LogP) is 2.08. The van der Waals surface area contributed by atoms with Gasteiger partial charge in [0.25, 0.3) is 0 Å². The molecule has 0 aliphatic carbocycles. The molecule has 1 amide bonds. The average Bonchev–Trinajstić information content (AvgIpc) is 2.45.